The molecule has 0 bridgehead atoms. The Morgan fingerprint density at radius 2 is 1.95 bits per heavy atom. The lowest BCUT2D eigenvalue weighted by molar-refractivity contribution is 0.431. The minimum atomic E-state index is -4.29. The third-order valence-corrected chi connectivity index (χ3v) is 4.64. The van der Waals surface area contributed by atoms with Gasteiger partial charge in [-0.25, -0.2) is 31.3 Å². The van der Waals surface area contributed by atoms with Crippen molar-refractivity contribution in [3.63, 3.8) is 0 Å². The van der Waals surface area contributed by atoms with Crippen molar-refractivity contribution in [2.75, 3.05) is 0 Å². The molecule has 108 valence electrons. The van der Waals surface area contributed by atoms with Crippen LogP contribution in [0.15, 0.2) is 22.4 Å². The van der Waals surface area contributed by atoms with Crippen molar-refractivity contribution in [3.8, 4) is 0 Å². The van der Waals surface area contributed by atoms with E-state index in [-0.39, 0.29) is 6.54 Å². The number of sulfonamides is 1. The molecule has 20 heavy (non-hydrogen) atoms. The monoisotopic (exact) mass is 322 g/mol. The molecule has 1 N–H and O–H groups in total. The summed E-state index contributed by atoms with van der Waals surface area (Å²) in [6.45, 7) is 1.59. The zero-order valence-corrected chi connectivity index (χ0v) is 11.8. The smallest absolute Gasteiger partial charge is 0.243 e. The van der Waals surface area contributed by atoms with Crippen molar-refractivity contribution >= 4 is 21.4 Å². The first-order valence-corrected chi connectivity index (χ1v) is 7.71. The minimum absolute atomic E-state index is 0.162. The minimum Gasteiger partial charge on any atom is -0.245 e. The predicted molar refractivity (Wildman–Crippen MR) is 67.2 cm³/mol. The van der Waals surface area contributed by atoms with Crippen LogP contribution in [0, 0.1) is 24.4 Å². The van der Waals surface area contributed by atoms with E-state index < -0.39 is 32.4 Å². The topological polar surface area (TPSA) is 59.1 Å². The molecule has 0 saturated heterocycles. The standard InChI is InChI=1S/C11H9F3N2O2S2/c1-6-16-7(5-19-6)4-15-20(17,18)9-3-2-8(12)10(13)11(9)14/h2-3,5,15H,4H2,1H3. The molecule has 1 aromatic carbocycles. The molecular formula is C11H9F3N2O2S2. The lowest BCUT2D eigenvalue weighted by Crippen LogP contribution is -2.25. The summed E-state index contributed by atoms with van der Waals surface area (Å²) >= 11 is 1.33. The van der Waals surface area contributed by atoms with Gasteiger partial charge in [0.2, 0.25) is 10.0 Å². The van der Waals surface area contributed by atoms with E-state index in [2.05, 4.69) is 9.71 Å². The number of hydrogen-bond acceptors (Lipinski definition) is 4. The van der Waals surface area contributed by atoms with Crippen molar-refractivity contribution in [2.24, 2.45) is 0 Å². The third-order valence-electron chi connectivity index (χ3n) is 2.40. The van der Waals surface area contributed by atoms with Crippen molar-refractivity contribution < 1.29 is 21.6 Å². The maximum atomic E-state index is 13.4. The summed E-state index contributed by atoms with van der Waals surface area (Å²) in [5.41, 5.74) is 0.457. The fourth-order valence-corrected chi connectivity index (χ4v) is 3.13. The van der Waals surface area contributed by atoms with E-state index in [9.17, 15) is 21.6 Å². The van der Waals surface area contributed by atoms with Gasteiger partial charge >= 0.3 is 0 Å². The van der Waals surface area contributed by atoms with Gasteiger partial charge in [0, 0.05) is 5.38 Å². The summed E-state index contributed by atoms with van der Waals surface area (Å²) in [7, 11) is -4.29. The number of thiazole rings is 1. The van der Waals surface area contributed by atoms with E-state index >= 15 is 0 Å². The Hall–Kier alpha value is -1.45. The summed E-state index contributed by atoms with van der Waals surface area (Å²) in [4.78, 5) is 3.08. The molecule has 0 aliphatic rings. The molecule has 2 rings (SSSR count). The van der Waals surface area contributed by atoms with Gasteiger partial charge < -0.3 is 0 Å². The summed E-state index contributed by atoms with van der Waals surface area (Å²) in [6, 6.07) is 1.22. The Morgan fingerprint density at radius 3 is 2.55 bits per heavy atom. The molecule has 0 aliphatic heterocycles. The highest BCUT2D eigenvalue weighted by Gasteiger charge is 2.23. The average Bonchev–Trinajstić information content (AvgIpc) is 2.79. The molecule has 2 aromatic rings. The van der Waals surface area contributed by atoms with Crippen LogP contribution in [0.2, 0.25) is 0 Å². The Kier molecular flexibility index (Phi) is 4.11. The molecule has 0 amide bonds. The van der Waals surface area contributed by atoms with E-state index in [0.717, 1.165) is 5.01 Å². The maximum Gasteiger partial charge on any atom is 0.243 e. The van der Waals surface area contributed by atoms with Crippen molar-refractivity contribution in [1.82, 2.24) is 9.71 Å². The van der Waals surface area contributed by atoms with Crippen LogP contribution >= 0.6 is 11.3 Å². The van der Waals surface area contributed by atoms with Crippen LogP contribution < -0.4 is 4.72 Å². The van der Waals surface area contributed by atoms with Gasteiger partial charge in [0.1, 0.15) is 4.90 Å². The van der Waals surface area contributed by atoms with Crippen LogP contribution in [0.1, 0.15) is 10.7 Å². The quantitative estimate of drug-likeness (QED) is 0.879. The molecule has 0 atom stereocenters. The van der Waals surface area contributed by atoms with Crippen LogP contribution in [0.3, 0.4) is 0 Å². The number of nitrogens with zero attached hydrogens (tertiary/aromatic N) is 1. The molecule has 9 heteroatoms. The van der Waals surface area contributed by atoms with Crippen LogP contribution in [0.25, 0.3) is 0 Å². The van der Waals surface area contributed by atoms with Crippen molar-refractivity contribution in [1.29, 1.82) is 0 Å². The van der Waals surface area contributed by atoms with Gasteiger partial charge in [-0.3, -0.25) is 0 Å². The fourth-order valence-electron chi connectivity index (χ4n) is 1.45. The number of hydrogen-bond donors (Lipinski definition) is 1. The van der Waals surface area contributed by atoms with Gasteiger partial charge in [0.25, 0.3) is 0 Å². The van der Waals surface area contributed by atoms with Crippen molar-refractivity contribution in [2.45, 2.75) is 18.4 Å². The van der Waals surface area contributed by atoms with Gasteiger partial charge in [-0.15, -0.1) is 11.3 Å². The number of aromatic nitrogens is 1. The van der Waals surface area contributed by atoms with Crippen molar-refractivity contribution in [3.05, 3.63) is 45.7 Å². The fraction of sp³-hybridized carbons (Fsp3) is 0.182. The maximum absolute atomic E-state index is 13.4. The van der Waals surface area contributed by atoms with E-state index in [1.165, 1.54) is 11.3 Å². The highest BCUT2D eigenvalue weighted by atomic mass is 32.2. The first-order chi connectivity index (χ1) is 9.31. The second-order valence-electron chi connectivity index (χ2n) is 3.86. The zero-order valence-electron chi connectivity index (χ0n) is 10.2. The molecule has 0 saturated carbocycles. The highest BCUT2D eigenvalue weighted by Crippen LogP contribution is 2.19. The van der Waals surface area contributed by atoms with Gasteiger partial charge in [0.15, 0.2) is 17.5 Å². The van der Waals surface area contributed by atoms with E-state index in [1.807, 2.05) is 0 Å². The number of rotatable bonds is 4. The van der Waals surface area contributed by atoms with Gasteiger partial charge in [-0.1, -0.05) is 0 Å². The average molecular weight is 322 g/mol. The van der Waals surface area contributed by atoms with Crippen LogP contribution in [-0.4, -0.2) is 13.4 Å². The molecule has 1 heterocycles. The number of halogens is 3. The lowest BCUT2D eigenvalue weighted by atomic mass is 10.3. The van der Waals surface area contributed by atoms with Crippen LogP contribution in [-0.2, 0) is 16.6 Å². The molecule has 4 nitrogen and oxygen atoms in total. The van der Waals surface area contributed by atoms with Gasteiger partial charge in [-0.2, -0.15) is 0 Å². The Labute approximate surface area is 117 Å². The van der Waals surface area contributed by atoms with Crippen LogP contribution in [0.5, 0.6) is 0 Å². The molecule has 1 aromatic heterocycles. The highest BCUT2D eigenvalue weighted by molar-refractivity contribution is 7.89. The number of aryl methyl sites for hydroxylation is 1. The Morgan fingerprint density at radius 1 is 1.25 bits per heavy atom. The van der Waals surface area contributed by atoms with E-state index in [4.69, 9.17) is 0 Å². The summed E-state index contributed by atoms with van der Waals surface area (Å²) in [6.07, 6.45) is 0. The second kappa shape index (κ2) is 5.51. The van der Waals surface area contributed by atoms with Gasteiger partial charge in [-0.05, 0) is 19.1 Å². The van der Waals surface area contributed by atoms with Gasteiger partial charge in [0.05, 0.1) is 17.2 Å². The Balaban J connectivity index is 2.25. The van der Waals surface area contributed by atoms with E-state index in [0.29, 0.717) is 17.8 Å². The number of benzene rings is 1. The molecule has 0 aliphatic carbocycles. The summed E-state index contributed by atoms with van der Waals surface area (Å²) < 4.78 is 65.0. The normalized spacial score (nSPS) is 11.8. The van der Waals surface area contributed by atoms with Crippen LogP contribution in [0.4, 0.5) is 13.2 Å². The zero-order chi connectivity index (χ0) is 14.9. The lowest BCUT2D eigenvalue weighted by Gasteiger charge is -2.07. The summed E-state index contributed by atoms with van der Waals surface area (Å²) in [5, 5.41) is 2.39. The largest absolute Gasteiger partial charge is 0.245 e. The first kappa shape index (κ1) is 14.9. The second-order valence-corrected chi connectivity index (χ2v) is 6.65. The molecule has 0 spiro atoms. The molecular weight excluding hydrogens is 313 g/mol. The SMILES string of the molecule is Cc1nc(CNS(=O)(=O)c2ccc(F)c(F)c2F)cs1. The summed E-state index contributed by atoms with van der Waals surface area (Å²) in [5.74, 6) is -5.01. The predicted octanol–water partition coefficient (Wildman–Crippen LogP) is 2.35. The molecule has 0 unspecified atom stereocenters. The number of nitrogens with one attached hydrogen (secondary N) is 1. The Bertz CT molecular complexity index is 744. The first-order valence-electron chi connectivity index (χ1n) is 5.35. The molecule has 0 fully saturated rings. The molecule has 0 radical (unpaired) electrons. The third kappa shape index (κ3) is 3.00. The van der Waals surface area contributed by atoms with E-state index in [1.54, 1.807) is 12.3 Å².